The van der Waals surface area contributed by atoms with E-state index in [1.807, 2.05) is 12.1 Å². The first kappa shape index (κ1) is 21.0. The van der Waals surface area contributed by atoms with Crippen LogP contribution in [0.1, 0.15) is 51.3 Å². The lowest BCUT2D eigenvalue weighted by molar-refractivity contribution is 0.242. The fourth-order valence-corrected chi connectivity index (χ4v) is 4.78. The molecule has 0 spiro atoms. The van der Waals surface area contributed by atoms with Crippen LogP contribution in [0.2, 0.25) is 0 Å². The van der Waals surface area contributed by atoms with Crippen LogP contribution in [0.4, 0.5) is 0 Å². The molecular weight excluding hydrogens is 374 g/mol. The summed E-state index contributed by atoms with van der Waals surface area (Å²) in [5, 5.41) is 0. The standard InChI is InChI=1S/C21H31N3O3S/c1-5-17-7-9-18(10-8-17)28(25,26)24-12-6-11-23(13-14-24)16-20-22-15-19(27-20)21(2,3)4/h7-10,15H,5-6,11-14,16H2,1-4H3. The van der Waals surface area contributed by atoms with Crippen LogP contribution in [0.3, 0.4) is 0 Å². The second-order valence-electron chi connectivity index (χ2n) is 8.40. The second-order valence-corrected chi connectivity index (χ2v) is 10.3. The summed E-state index contributed by atoms with van der Waals surface area (Å²) in [5.41, 5.74) is 1.07. The summed E-state index contributed by atoms with van der Waals surface area (Å²) < 4.78 is 33.5. The van der Waals surface area contributed by atoms with E-state index < -0.39 is 10.0 Å². The predicted octanol–water partition coefficient (Wildman–Crippen LogP) is 3.43. The number of nitrogens with zero attached hydrogens (tertiary/aromatic N) is 3. The summed E-state index contributed by atoms with van der Waals surface area (Å²) in [7, 11) is -3.45. The summed E-state index contributed by atoms with van der Waals surface area (Å²) in [6.07, 6.45) is 3.49. The Morgan fingerprint density at radius 2 is 1.79 bits per heavy atom. The first-order chi connectivity index (χ1) is 13.2. The molecule has 154 valence electrons. The molecule has 0 unspecified atom stereocenters. The molecule has 2 aromatic rings. The number of hydrogen-bond donors (Lipinski definition) is 0. The third-order valence-electron chi connectivity index (χ3n) is 5.17. The number of oxazole rings is 1. The normalized spacial score (nSPS) is 17.6. The predicted molar refractivity (Wildman–Crippen MR) is 110 cm³/mol. The number of hydrogen-bond acceptors (Lipinski definition) is 5. The number of rotatable bonds is 5. The minimum Gasteiger partial charge on any atom is -0.444 e. The molecule has 1 saturated heterocycles. The molecule has 6 nitrogen and oxygen atoms in total. The van der Waals surface area contributed by atoms with Gasteiger partial charge >= 0.3 is 0 Å². The quantitative estimate of drug-likeness (QED) is 0.762. The number of aryl methyl sites for hydroxylation is 1. The summed E-state index contributed by atoms with van der Waals surface area (Å²) in [6, 6.07) is 7.23. The summed E-state index contributed by atoms with van der Waals surface area (Å²) in [6.45, 7) is 11.5. The van der Waals surface area contributed by atoms with Crippen molar-refractivity contribution in [2.75, 3.05) is 26.2 Å². The number of aromatic nitrogens is 1. The average Bonchev–Trinajstić information content (AvgIpc) is 3.00. The van der Waals surface area contributed by atoms with Gasteiger partial charge in [0.25, 0.3) is 0 Å². The van der Waals surface area contributed by atoms with Gasteiger partial charge in [-0.2, -0.15) is 4.31 Å². The van der Waals surface area contributed by atoms with E-state index in [4.69, 9.17) is 4.42 Å². The Morgan fingerprint density at radius 1 is 1.07 bits per heavy atom. The van der Waals surface area contributed by atoms with Gasteiger partial charge in [-0.1, -0.05) is 39.8 Å². The van der Waals surface area contributed by atoms with Gasteiger partial charge in [0, 0.05) is 25.0 Å². The lowest BCUT2D eigenvalue weighted by Gasteiger charge is -2.21. The lowest BCUT2D eigenvalue weighted by atomic mass is 9.94. The molecule has 0 amide bonds. The minimum atomic E-state index is -3.45. The van der Waals surface area contributed by atoms with Gasteiger partial charge in [-0.05, 0) is 37.1 Å². The Balaban J connectivity index is 1.64. The second kappa shape index (κ2) is 8.35. The Labute approximate surface area is 168 Å². The van der Waals surface area contributed by atoms with E-state index >= 15 is 0 Å². The summed E-state index contributed by atoms with van der Waals surface area (Å²) in [5.74, 6) is 1.56. The largest absolute Gasteiger partial charge is 0.444 e. The van der Waals surface area contributed by atoms with Crippen LogP contribution >= 0.6 is 0 Å². The zero-order valence-corrected chi connectivity index (χ0v) is 18.1. The van der Waals surface area contributed by atoms with E-state index in [0.29, 0.717) is 37.0 Å². The first-order valence-electron chi connectivity index (χ1n) is 9.97. The highest BCUT2D eigenvalue weighted by Crippen LogP contribution is 2.24. The van der Waals surface area contributed by atoms with E-state index in [2.05, 4.69) is 37.6 Å². The van der Waals surface area contributed by atoms with Gasteiger partial charge in [-0.25, -0.2) is 13.4 Å². The van der Waals surface area contributed by atoms with Crippen molar-refractivity contribution in [1.29, 1.82) is 0 Å². The highest BCUT2D eigenvalue weighted by molar-refractivity contribution is 7.89. The van der Waals surface area contributed by atoms with Crippen LogP contribution in [0, 0.1) is 0 Å². The molecule has 0 N–H and O–H groups in total. The van der Waals surface area contributed by atoms with Gasteiger partial charge in [0.2, 0.25) is 15.9 Å². The van der Waals surface area contributed by atoms with E-state index in [-0.39, 0.29) is 5.41 Å². The third kappa shape index (κ3) is 4.82. The highest BCUT2D eigenvalue weighted by atomic mass is 32.2. The van der Waals surface area contributed by atoms with Crippen molar-refractivity contribution >= 4 is 10.0 Å². The highest BCUT2D eigenvalue weighted by Gasteiger charge is 2.27. The van der Waals surface area contributed by atoms with Gasteiger partial charge < -0.3 is 4.42 Å². The van der Waals surface area contributed by atoms with Crippen LogP contribution in [-0.2, 0) is 28.4 Å². The zero-order chi connectivity index (χ0) is 20.4. The van der Waals surface area contributed by atoms with Gasteiger partial charge in [-0.15, -0.1) is 0 Å². The molecule has 7 heteroatoms. The van der Waals surface area contributed by atoms with Crippen molar-refractivity contribution in [3.05, 3.63) is 47.7 Å². The molecule has 1 aliphatic rings. The van der Waals surface area contributed by atoms with Crippen LogP contribution in [-0.4, -0.2) is 48.8 Å². The number of benzene rings is 1. The lowest BCUT2D eigenvalue weighted by Crippen LogP contribution is -2.35. The SMILES string of the molecule is CCc1ccc(S(=O)(=O)N2CCCN(Cc3ncc(C(C)(C)C)o3)CC2)cc1. The molecular formula is C21H31N3O3S. The monoisotopic (exact) mass is 405 g/mol. The van der Waals surface area contributed by atoms with Crippen LogP contribution in [0.15, 0.2) is 39.8 Å². The van der Waals surface area contributed by atoms with E-state index in [1.165, 1.54) is 0 Å². The van der Waals surface area contributed by atoms with E-state index in [9.17, 15) is 8.42 Å². The van der Waals surface area contributed by atoms with Crippen molar-refractivity contribution in [2.24, 2.45) is 0 Å². The van der Waals surface area contributed by atoms with Crippen molar-refractivity contribution in [3.63, 3.8) is 0 Å². The fourth-order valence-electron chi connectivity index (χ4n) is 3.31. The molecule has 0 radical (unpaired) electrons. The maximum absolute atomic E-state index is 13.0. The zero-order valence-electron chi connectivity index (χ0n) is 17.3. The molecule has 1 aromatic heterocycles. The maximum atomic E-state index is 13.0. The summed E-state index contributed by atoms with van der Waals surface area (Å²) in [4.78, 5) is 6.99. The van der Waals surface area contributed by atoms with E-state index in [0.717, 1.165) is 30.7 Å². The molecule has 1 fully saturated rings. The van der Waals surface area contributed by atoms with Crippen molar-refractivity contribution < 1.29 is 12.8 Å². The fraction of sp³-hybridized carbons (Fsp3) is 0.571. The van der Waals surface area contributed by atoms with Gasteiger partial charge in [0.1, 0.15) is 5.76 Å². The van der Waals surface area contributed by atoms with Crippen molar-refractivity contribution in [2.45, 2.75) is 57.4 Å². The molecule has 28 heavy (non-hydrogen) atoms. The van der Waals surface area contributed by atoms with Crippen molar-refractivity contribution in [3.8, 4) is 0 Å². The Morgan fingerprint density at radius 3 is 2.39 bits per heavy atom. The Bertz CT molecular complexity index is 882. The minimum absolute atomic E-state index is 0.0672. The van der Waals surface area contributed by atoms with Crippen LogP contribution < -0.4 is 0 Å². The molecule has 2 heterocycles. The molecule has 0 aliphatic carbocycles. The Kier molecular flexibility index (Phi) is 6.27. The maximum Gasteiger partial charge on any atom is 0.243 e. The van der Waals surface area contributed by atoms with Crippen LogP contribution in [0.25, 0.3) is 0 Å². The molecule has 0 bridgehead atoms. The average molecular weight is 406 g/mol. The van der Waals surface area contributed by atoms with Crippen LogP contribution in [0.5, 0.6) is 0 Å². The molecule has 3 rings (SSSR count). The molecule has 0 atom stereocenters. The Hall–Kier alpha value is -1.70. The first-order valence-corrected chi connectivity index (χ1v) is 11.4. The molecule has 0 saturated carbocycles. The molecule has 1 aliphatic heterocycles. The topological polar surface area (TPSA) is 66.7 Å². The van der Waals surface area contributed by atoms with Crippen molar-refractivity contribution in [1.82, 2.24) is 14.2 Å². The third-order valence-corrected chi connectivity index (χ3v) is 7.08. The smallest absolute Gasteiger partial charge is 0.243 e. The van der Waals surface area contributed by atoms with Gasteiger partial charge in [0.15, 0.2) is 0 Å². The van der Waals surface area contributed by atoms with E-state index in [1.54, 1.807) is 22.6 Å². The van der Waals surface area contributed by atoms with Gasteiger partial charge in [0.05, 0.1) is 17.6 Å². The molecule has 1 aromatic carbocycles. The van der Waals surface area contributed by atoms with Gasteiger partial charge in [-0.3, -0.25) is 4.90 Å². The number of sulfonamides is 1. The summed E-state index contributed by atoms with van der Waals surface area (Å²) >= 11 is 0.